The van der Waals surface area contributed by atoms with E-state index in [1.165, 1.54) is 0 Å². The lowest BCUT2D eigenvalue weighted by atomic mass is 10.2. The van der Waals surface area contributed by atoms with Crippen molar-refractivity contribution in [2.75, 3.05) is 19.1 Å². The molecular weight excluding hydrogens is 340 g/mol. The number of hydrogen-bond donors (Lipinski definition) is 0. The zero-order valence-corrected chi connectivity index (χ0v) is 13.8. The summed E-state index contributed by atoms with van der Waals surface area (Å²) >= 11 is 9.41. The molecule has 0 spiro atoms. The zero-order valence-electron chi connectivity index (χ0n) is 11.4. The van der Waals surface area contributed by atoms with E-state index >= 15 is 0 Å². The van der Waals surface area contributed by atoms with E-state index in [0.29, 0.717) is 12.4 Å². The van der Waals surface area contributed by atoms with E-state index in [4.69, 9.17) is 16.3 Å². The number of methoxy groups -OCH3 is 1. The Kier molecular flexibility index (Phi) is 5.26. The van der Waals surface area contributed by atoms with Crippen molar-refractivity contribution in [2.45, 2.75) is 12.4 Å². The van der Waals surface area contributed by atoms with Gasteiger partial charge in [-0.2, -0.15) is 0 Å². The van der Waals surface area contributed by atoms with Crippen molar-refractivity contribution in [2.24, 2.45) is 0 Å². The van der Waals surface area contributed by atoms with Crippen LogP contribution in [0, 0.1) is 0 Å². The molecule has 0 aliphatic carbocycles. The number of rotatable bonds is 5. The van der Waals surface area contributed by atoms with E-state index in [-0.39, 0.29) is 0 Å². The SMILES string of the molecule is COc1ccccc1CN(C)c1ncc(Br)cc1CCl. The van der Waals surface area contributed by atoms with Gasteiger partial charge in [0.2, 0.25) is 0 Å². The van der Waals surface area contributed by atoms with Crippen molar-refractivity contribution in [3.8, 4) is 5.75 Å². The fraction of sp³-hybridized carbons (Fsp3) is 0.267. The molecular formula is C15H16BrClN2O. The molecule has 0 saturated heterocycles. The minimum Gasteiger partial charge on any atom is -0.496 e. The van der Waals surface area contributed by atoms with Crippen molar-refractivity contribution in [3.63, 3.8) is 0 Å². The van der Waals surface area contributed by atoms with Crippen LogP contribution in [-0.2, 0) is 12.4 Å². The van der Waals surface area contributed by atoms with Crippen LogP contribution < -0.4 is 9.64 Å². The maximum atomic E-state index is 6.00. The normalized spacial score (nSPS) is 10.4. The van der Waals surface area contributed by atoms with E-state index in [1.54, 1.807) is 13.3 Å². The number of ether oxygens (including phenoxy) is 1. The van der Waals surface area contributed by atoms with E-state index in [0.717, 1.165) is 27.2 Å². The topological polar surface area (TPSA) is 25.4 Å². The lowest BCUT2D eigenvalue weighted by Gasteiger charge is -2.22. The highest BCUT2D eigenvalue weighted by atomic mass is 79.9. The van der Waals surface area contributed by atoms with Crippen molar-refractivity contribution in [1.82, 2.24) is 4.98 Å². The molecule has 2 rings (SSSR count). The molecule has 0 bridgehead atoms. The smallest absolute Gasteiger partial charge is 0.133 e. The van der Waals surface area contributed by atoms with E-state index < -0.39 is 0 Å². The van der Waals surface area contributed by atoms with Gasteiger partial charge in [0.15, 0.2) is 0 Å². The first kappa shape index (κ1) is 15.1. The summed E-state index contributed by atoms with van der Waals surface area (Å²) in [7, 11) is 3.68. The predicted molar refractivity (Wildman–Crippen MR) is 86.6 cm³/mol. The van der Waals surface area contributed by atoms with Crippen LogP contribution >= 0.6 is 27.5 Å². The second-order valence-corrected chi connectivity index (χ2v) is 5.62. The van der Waals surface area contributed by atoms with E-state index in [1.807, 2.05) is 31.3 Å². The molecule has 1 heterocycles. The summed E-state index contributed by atoms with van der Waals surface area (Å²) in [6.07, 6.45) is 1.78. The van der Waals surface area contributed by atoms with Crippen LogP contribution in [0.5, 0.6) is 5.75 Å². The summed E-state index contributed by atoms with van der Waals surface area (Å²) in [5.41, 5.74) is 2.11. The van der Waals surface area contributed by atoms with Crippen molar-refractivity contribution >= 4 is 33.3 Å². The molecule has 2 aromatic rings. The summed E-state index contributed by atoms with van der Waals surface area (Å²) < 4.78 is 6.31. The van der Waals surface area contributed by atoms with Crippen LogP contribution in [0.15, 0.2) is 41.0 Å². The highest BCUT2D eigenvalue weighted by Gasteiger charge is 2.11. The van der Waals surface area contributed by atoms with Gasteiger partial charge in [0.1, 0.15) is 11.6 Å². The summed E-state index contributed by atoms with van der Waals surface area (Å²) in [5.74, 6) is 2.19. The Hall–Kier alpha value is -1.26. The molecule has 20 heavy (non-hydrogen) atoms. The molecule has 0 fully saturated rings. The molecule has 0 radical (unpaired) electrons. The van der Waals surface area contributed by atoms with E-state index in [9.17, 15) is 0 Å². The molecule has 1 aromatic carbocycles. The molecule has 0 atom stereocenters. The van der Waals surface area contributed by atoms with Gasteiger partial charge in [0.05, 0.1) is 13.0 Å². The minimum atomic E-state index is 0.429. The van der Waals surface area contributed by atoms with Gasteiger partial charge in [0.25, 0.3) is 0 Å². The van der Waals surface area contributed by atoms with E-state index in [2.05, 4.69) is 31.9 Å². The molecule has 0 unspecified atom stereocenters. The summed E-state index contributed by atoms with van der Waals surface area (Å²) in [6.45, 7) is 0.711. The third kappa shape index (κ3) is 3.44. The predicted octanol–water partition coefficient (Wildman–Crippen LogP) is 4.23. The molecule has 3 nitrogen and oxygen atoms in total. The van der Waals surface area contributed by atoms with Crippen LogP contribution in [0.4, 0.5) is 5.82 Å². The Balaban J connectivity index is 2.26. The molecule has 0 aliphatic rings. The van der Waals surface area contributed by atoms with Crippen LogP contribution in [0.3, 0.4) is 0 Å². The maximum Gasteiger partial charge on any atom is 0.133 e. The van der Waals surface area contributed by atoms with Gasteiger partial charge in [-0.1, -0.05) is 18.2 Å². The third-order valence-electron chi connectivity index (χ3n) is 3.02. The van der Waals surface area contributed by atoms with Gasteiger partial charge in [-0.3, -0.25) is 0 Å². The second kappa shape index (κ2) is 6.95. The van der Waals surface area contributed by atoms with Crippen molar-refractivity contribution < 1.29 is 4.74 Å². The molecule has 5 heteroatoms. The van der Waals surface area contributed by atoms with Gasteiger partial charge in [-0.05, 0) is 28.1 Å². The van der Waals surface area contributed by atoms with Crippen LogP contribution in [-0.4, -0.2) is 19.1 Å². The summed E-state index contributed by atoms with van der Waals surface area (Å²) in [4.78, 5) is 6.53. The highest BCUT2D eigenvalue weighted by Crippen LogP contribution is 2.26. The Morgan fingerprint density at radius 2 is 2.05 bits per heavy atom. The molecule has 0 saturated carbocycles. The minimum absolute atomic E-state index is 0.429. The quantitative estimate of drug-likeness (QED) is 0.751. The van der Waals surface area contributed by atoms with Crippen molar-refractivity contribution in [3.05, 3.63) is 52.1 Å². The first-order chi connectivity index (χ1) is 9.65. The van der Waals surface area contributed by atoms with Crippen LogP contribution in [0.25, 0.3) is 0 Å². The monoisotopic (exact) mass is 354 g/mol. The number of nitrogens with zero attached hydrogens (tertiary/aromatic N) is 2. The van der Waals surface area contributed by atoms with Gasteiger partial charge < -0.3 is 9.64 Å². The van der Waals surface area contributed by atoms with Gasteiger partial charge in [0, 0.05) is 35.4 Å². The van der Waals surface area contributed by atoms with Crippen LogP contribution in [0.1, 0.15) is 11.1 Å². The summed E-state index contributed by atoms with van der Waals surface area (Å²) in [6, 6.07) is 9.97. The Morgan fingerprint density at radius 1 is 1.30 bits per heavy atom. The summed E-state index contributed by atoms with van der Waals surface area (Å²) in [5, 5.41) is 0. The number of alkyl halides is 1. The van der Waals surface area contributed by atoms with Crippen molar-refractivity contribution in [1.29, 1.82) is 0 Å². The lowest BCUT2D eigenvalue weighted by molar-refractivity contribution is 0.409. The number of halogens is 2. The number of anilines is 1. The number of para-hydroxylation sites is 1. The molecule has 106 valence electrons. The largest absolute Gasteiger partial charge is 0.496 e. The third-order valence-corrected chi connectivity index (χ3v) is 3.74. The average Bonchev–Trinajstić information content (AvgIpc) is 2.47. The lowest BCUT2D eigenvalue weighted by Crippen LogP contribution is -2.19. The standard InChI is InChI=1S/C15H16BrClN2O/c1-19(10-11-5-3-4-6-14(11)20-2)15-12(8-17)7-13(16)9-18-15/h3-7,9H,8,10H2,1-2H3. The van der Waals surface area contributed by atoms with Gasteiger partial charge in [-0.15, -0.1) is 11.6 Å². The Bertz CT molecular complexity index is 592. The zero-order chi connectivity index (χ0) is 14.5. The number of pyridine rings is 1. The highest BCUT2D eigenvalue weighted by molar-refractivity contribution is 9.10. The molecule has 0 aliphatic heterocycles. The fourth-order valence-corrected chi connectivity index (χ4v) is 2.66. The van der Waals surface area contributed by atoms with Crippen LogP contribution in [0.2, 0.25) is 0 Å². The van der Waals surface area contributed by atoms with Gasteiger partial charge in [-0.25, -0.2) is 4.98 Å². The Labute approximate surface area is 132 Å². The maximum absolute atomic E-state index is 6.00. The molecule has 0 N–H and O–H groups in total. The first-order valence-corrected chi connectivity index (χ1v) is 7.52. The molecule has 0 amide bonds. The number of aromatic nitrogens is 1. The molecule has 1 aromatic heterocycles. The number of hydrogen-bond acceptors (Lipinski definition) is 3. The Morgan fingerprint density at radius 3 is 2.75 bits per heavy atom. The van der Waals surface area contributed by atoms with Gasteiger partial charge >= 0.3 is 0 Å². The fourth-order valence-electron chi connectivity index (χ4n) is 2.08. The second-order valence-electron chi connectivity index (χ2n) is 4.44. The first-order valence-electron chi connectivity index (χ1n) is 6.19. The average molecular weight is 356 g/mol. The number of benzene rings is 1.